The molecule has 0 unspecified atom stereocenters. The van der Waals surface area contributed by atoms with Crippen LogP contribution in [0.5, 0.6) is 17.2 Å². The van der Waals surface area contributed by atoms with Crippen LogP contribution in [0.1, 0.15) is 29.6 Å². The van der Waals surface area contributed by atoms with Crippen molar-refractivity contribution in [2.75, 3.05) is 31.8 Å². The van der Waals surface area contributed by atoms with Crippen molar-refractivity contribution in [1.82, 2.24) is 9.88 Å². The normalized spacial score (nSPS) is 21.0. The van der Waals surface area contributed by atoms with Gasteiger partial charge in [-0.3, -0.25) is 14.6 Å². The third kappa shape index (κ3) is 4.46. The molecule has 0 aliphatic carbocycles. The lowest BCUT2D eigenvalue weighted by molar-refractivity contribution is -0.118. The van der Waals surface area contributed by atoms with Gasteiger partial charge >= 0.3 is 0 Å². The number of benzene rings is 2. The van der Waals surface area contributed by atoms with Crippen LogP contribution in [-0.2, 0) is 4.79 Å². The summed E-state index contributed by atoms with van der Waals surface area (Å²) in [5.41, 5.74) is 3.21. The number of likely N-dealkylation sites (tertiary alicyclic amines) is 1. The van der Waals surface area contributed by atoms with Crippen LogP contribution in [0.4, 0.5) is 5.69 Å². The molecule has 8 heteroatoms. The van der Waals surface area contributed by atoms with Crippen LogP contribution in [0.15, 0.2) is 60.9 Å². The lowest BCUT2D eigenvalue weighted by atomic mass is 9.80. The van der Waals surface area contributed by atoms with Gasteiger partial charge in [-0.25, -0.2) is 0 Å². The standard InChI is InChI=1S/C28H27N3O5/c32-27-14-19-7-10-31(28(33)20-4-6-25-26(13-20)36-17-35-25)16-22(19)8-11-34-24-5-3-18(12-23(24)30-27)21-2-1-9-29-15-21/h1-6,9,12-13,15,19,22H,7-8,10-11,14,16-17H2,(H,30,32)/t19-,22-/m0/s1. The predicted octanol–water partition coefficient (Wildman–Crippen LogP) is 4.37. The molecule has 0 spiro atoms. The van der Waals surface area contributed by atoms with E-state index in [1.807, 2.05) is 35.2 Å². The smallest absolute Gasteiger partial charge is 0.254 e. The average molecular weight is 486 g/mol. The lowest BCUT2D eigenvalue weighted by Gasteiger charge is -2.39. The molecule has 184 valence electrons. The fraction of sp³-hybridized carbons (Fsp3) is 0.321. The van der Waals surface area contributed by atoms with E-state index >= 15 is 0 Å². The minimum absolute atomic E-state index is 0.0255. The molecule has 1 fully saturated rings. The Morgan fingerprint density at radius 2 is 1.83 bits per heavy atom. The number of carbonyl (C=O) groups is 2. The monoisotopic (exact) mass is 485 g/mol. The van der Waals surface area contributed by atoms with Gasteiger partial charge in [-0.2, -0.15) is 0 Å². The summed E-state index contributed by atoms with van der Waals surface area (Å²) in [6, 6.07) is 15.0. The number of ether oxygens (including phenoxy) is 3. The minimum Gasteiger partial charge on any atom is -0.491 e. The predicted molar refractivity (Wildman–Crippen MR) is 133 cm³/mol. The van der Waals surface area contributed by atoms with E-state index in [9.17, 15) is 9.59 Å². The maximum absolute atomic E-state index is 13.2. The number of pyridine rings is 1. The number of hydrogen-bond acceptors (Lipinski definition) is 6. The molecule has 1 saturated heterocycles. The van der Waals surface area contributed by atoms with Crippen molar-refractivity contribution >= 4 is 17.5 Å². The summed E-state index contributed by atoms with van der Waals surface area (Å²) in [5.74, 6) is 2.23. The summed E-state index contributed by atoms with van der Waals surface area (Å²) < 4.78 is 16.9. The van der Waals surface area contributed by atoms with E-state index in [1.165, 1.54) is 0 Å². The Bertz CT molecular complexity index is 1300. The van der Waals surface area contributed by atoms with Gasteiger partial charge in [-0.1, -0.05) is 12.1 Å². The molecule has 1 aromatic heterocycles. The molecule has 2 atom stereocenters. The summed E-state index contributed by atoms with van der Waals surface area (Å²) in [4.78, 5) is 32.3. The Morgan fingerprint density at radius 3 is 2.72 bits per heavy atom. The molecular formula is C28H27N3O5. The average Bonchev–Trinajstić information content (AvgIpc) is 3.38. The Balaban J connectivity index is 1.17. The highest BCUT2D eigenvalue weighted by atomic mass is 16.7. The fourth-order valence-electron chi connectivity index (χ4n) is 5.30. The van der Waals surface area contributed by atoms with Gasteiger partial charge in [0.2, 0.25) is 12.7 Å². The number of anilines is 1. The number of fused-ring (bicyclic) bond motifs is 3. The van der Waals surface area contributed by atoms with E-state index in [4.69, 9.17) is 14.2 Å². The van der Waals surface area contributed by atoms with Crippen molar-refractivity contribution in [3.05, 3.63) is 66.5 Å². The third-order valence-corrected chi connectivity index (χ3v) is 7.24. The Hall–Kier alpha value is -4.07. The topological polar surface area (TPSA) is 90.0 Å². The molecule has 0 saturated carbocycles. The van der Waals surface area contributed by atoms with Crippen molar-refractivity contribution in [2.45, 2.75) is 19.3 Å². The molecule has 2 aromatic carbocycles. The first kappa shape index (κ1) is 22.4. The van der Waals surface area contributed by atoms with Crippen LogP contribution >= 0.6 is 0 Å². The van der Waals surface area contributed by atoms with Gasteiger partial charge < -0.3 is 24.4 Å². The highest BCUT2D eigenvalue weighted by Crippen LogP contribution is 2.36. The molecule has 1 N–H and O–H groups in total. The van der Waals surface area contributed by atoms with Gasteiger partial charge in [-0.15, -0.1) is 0 Å². The quantitative estimate of drug-likeness (QED) is 0.580. The van der Waals surface area contributed by atoms with E-state index in [1.54, 1.807) is 30.6 Å². The summed E-state index contributed by atoms with van der Waals surface area (Å²) >= 11 is 0. The van der Waals surface area contributed by atoms with E-state index in [0.29, 0.717) is 54.6 Å². The van der Waals surface area contributed by atoms with Gasteiger partial charge in [0.15, 0.2) is 11.5 Å². The van der Waals surface area contributed by atoms with E-state index < -0.39 is 0 Å². The number of hydrogen-bond donors (Lipinski definition) is 1. The number of rotatable bonds is 2. The maximum atomic E-state index is 13.2. The second-order valence-electron chi connectivity index (χ2n) is 9.47. The van der Waals surface area contributed by atoms with Crippen molar-refractivity contribution in [1.29, 1.82) is 0 Å². The molecule has 0 radical (unpaired) electrons. The fourth-order valence-corrected chi connectivity index (χ4v) is 5.30. The zero-order valence-corrected chi connectivity index (χ0v) is 19.8. The summed E-state index contributed by atoms with van der Waals surface area (Å²) in [5, 5.41) is 3.07. The van der Waals surface area contributed by atoms with Gasteiger partial charge in [0.05, 0.1) is 12.3 Å². The minimum atomic E-state index is -0.0318. The van der Waals surface area contributed by atoms with Crippen LogP contribution in [0, 0.1) is 11.8 Å². The first-order chi connectivity index (χ1) is 17.6. The Morgan fingerprint density at radius 1 is 0.944 bits per heavy atom. The van der Waals surface area contributed by atoms with Gasteiger partial charge in [0.1, 0.15) is 5.75 Å². The van der Waals surface area contributed by atoms with Crippen LogP contribution < -0.4 is 19.5 Å². The van der Waals surface area contributed by atoms with Crippen LogP contribution in [0.25, 0.3) is 11.1 Å². The third-order valence-electron chi connectivity index (χ3n) is 7.24. The van der Waals surface area contributed by atoms with Crippen molar-refractivity contribution in [3.63, 3.8) is 0 Å². The zero-order valence-electron chi connectivity index (χ0n) is 19.8. The number of carbonyl (C=O) groups excluding carboxylic acids is 2. The van der Waals surface area contributed by atoms with Gasteiger partial charge in [-0.05, 0) is 66.6 Å². The molecule has 2 amide bonds. The number of nitrogens with zero attached hydrogens (tertiary/aromatic N) is 2. The summed E-state index contributed by atoms with van der Waals surface area (Å²) in [7, 11) is 0. The lowest BCUT2D eigenvalue weighted by Crippen LogP contribution is -2.45. The van der Waals surface area contributed by atoms with E-state index in [2.05, 4.69) is 10.3 Å². The molecule has 6 rings (SSSR count). The van der Waals surface area contributed by atoms with Crippen LogP contribution in [0.2, 0.25) is 0 Å². The largest absolute Gasteiger partial charge is 0.491 e. The first-order valence-corrected chi connectivity index (χ1v) is 12.3. The SMILES string of the molecule is O=C1C[C@@H]2CCN(C(=O)c3ccc4c(c3)OCO4)C[C@@H]2CCOc2ccc(-c3cccnc3)cc2N1. The first-order valence-electron chi connectivity index (χ1n) is 12.3. The van der Waals surface area contributed by atoms with Crippen LogP contribution in [0.3, 0.4) is 0 Å². The molecule has 8 nitrogen and oxygen atoms in total. The van der Waals surface area contributed by atoms with E-state index in [-0.39, 0.29) is 30.4 Å². The number of amides is 2. The highest BCUT2D eigenvalue weighted by molar-refractivity contribution is 5.95. The Labute approximate surface area is 209 Å². The zero-order chi connectivity index (χ0) is 24.5. The van der Waals surface area contributed by atoms with Crippen molar-refractivity contribution in [3.8, 4) is 28.4 Å². The second kappa shape index (κ2) is 9.53. The molecule has 3 aliphatic heterocycles. The number of aromatic nitrogens is 1. The van der Waals surface area contributed by atoms with Crippen LogP contribution in [-0.4, -0.2) is 48.2 Å². The Kier molecular flexibility index (Phi) is 5.93. The second-order valence-corrected chi connectivity index (χ2v) is 9.47. The number of piperidine rings is 1. The summed E-state index contributed by atoms with van der Waals surface area (Å²) in [6.07, 6.45) is 5.50. The highest BCUT2D eigenvalue weighted by Gasteiger charge is 2.34. The van der Waals surface area contributed by atoms with E-state index in [0.717, 1.165) is 24.0 Å². The van der Waals surface area contributed by atoms with Crippen molar-refractivity contribution < 1.29 is 23.8 Å². The van der Waals surface area contributed by atoms with Crippen molar-refractivity contribution in [2.24, 2.45) is 11.8 Å². The maximum Gasteiger partial charge on any atom is 0.254 e. The van der Waals surface area contributed by atoms with Gasteiger partial charge in [0.25, 0.3) is 5.91 Å². The molecular weight excluding hydrogens is 458 g/mol. The summed E-state index contributed by atoms with van der Waals surface area (Å²) in [6.45, 7) is 1.91. The molecule has 3 aromatic rings. The molecule has 4 heterocycles. The van der Waals surface area contributed by atoms with Gasteiger partial charge in [0, 0.05) is 43.0 Å². The molecule has 3 aliphatic rings. The molecule has 0 bridgehead atoms. The molecule has 36 heavy (non-hydrogen) atoms. The number of nitrogens with one attached hydrogen (secondary N) is 1.